The maximum Gasteiger partial charge on any atom is 0.420 e. The van der Waals surface area contributed by atoms with Crippen LogP contribution in [0.15, 0.2) is 47.6 Å². The number of sulfone groups is 1. The Morgan fingerprint density at radius 1 is 1.07 bits per heavy atom. The predicted octanol–water partition coefficient (Wildman–Crippen LogP) is 5.46. The summed E-state index contributed by atoms with van der Waals surface area (Å²) in [6.07, 6.45) is -10.2. The number of hydrogen-bond donors (Lipinski definition) is 1. The molecule has 16 heteroatoms. The van der Waals surface area contributed by atoms with Gasteiger partial charge in [-0.2, -0.15) is 26.3 Å². The highest BCUT2D eigenvalue weighted by atomic mass is 32.2. The highest BCUT2D eigenvalue weighted by Gasteiger charge is 2.41. The topological polar surface area (TPSA) is 111 Å². The molecule has 0 aromatic heterocycles. The monoisotopic (exact) mass is 625 g/mol. The van der Waals surface area contributed by atoms with E-state index < -0.39 is 62.1 Å². The van der Waals surface area contributed by atoms with Crippen molar-refractivity contribution in [3.05, 3.63) is 65.1 Å². The van der Waals surface area contributed by atoms with Crippen molar-refractivity contribution in [3.8, 4) is 5.75 Å². The van der Waals surface area contributed by atoms with E-state index in [0.29, 0.717) is 12.3 Å². The first-order valence-corrected chi connectivity index (χ1v) is 14.1. The van der Waals surface area contributed by atoms with E-state index >= 15 is 0 Å². The van der Waals surface area contributed by atoms with Crippen LogP contribution in [-0.2, 0) is 26.9 Å². The Labute approximate surface area is 236 Å². The van der Waals surface area contributed by atoms with Gasteiger partial charge in [0.1, 0.15) is 5.82 Å². The van der Waals surface area contributed by atoms with E-state index in [1.165, 1.54) is 0 Å². The van der Waals surface area contributed by atoms with Crippen LogP contribution in [0.2, 0.25) is 0 Å². The van der Waals surface area contributed by atoms with Crippen LogP contribution in [0, 0.1) is 5.82 Å². The first-order chi connectivity index (χ1) is 19.5. The molecule has 1 amide bonds. The van der Waals surface area contributed by atoms with Crippen LogP contribution < -0.4 is 15.4 Å². The number of halogens is 7. The lowest BCUT2D eigenvalue weighted by atomic mass is 9.98. The van der Waals surface area contributed by atoms with Gasteiger partial charge in [0.25, 0.3) is 0 Å². The standard InChI is InChI=1S/C26H26F7N3O5S/c1-36(19-4-2-18(27)3-5-19)24(37)41-23-21(12-17(25(28,29)30)13-22(23)26(31,32)33)16(14-34)15-35-8-9-40-20-6-10-42(38,39)11-7-20/h2-5,12-15,20H,6-11,34H2,1H3. The van der Waals surface area contributed by atoms with Gasteiger partial charge in [0.05, 0.1) is 41.9 Å². The smallest absolute Gasteiger partial charge is 0.409 e. The van der Waals surface area contributed by atoms with Crippen LogP contribution in [0.25, 0.3) is 5.57 Å². The van der Waals surface area contributed by atoms with Crippen molar-refractivity contribution in [2.75, 3.05) is 36.6 Å². The van der Waals surface area contributed by atoms with Gasteiger partial charge in [0.2, 0.25) is 0 Å². The summed E-state index contributed by atoms with van der Waals surface area (Å²) in [7, 11) is -2.00. The molecule has 1 fully saturated rings. The number of alkyl halides is 6. The molecule has 0 atom stereocenters. The van der Waals surface area contributed by atoms with Gasteiger partial charge in [-0.05, 0) is 49.2 Å². The molecular weight excluding hydrogens is 599 g/mol. The van der Waals surface area contributed by atoms with Crippen LogP contribution in [0.4, 0.5) is 41.2 Å². The molecule has 230 valence electrons. The maximum absolute atomic E-state index is 14.0. The molecule has 2 aromatic carbocycles. The maximum atomic E-state index is 14.0. The number of nitrogens with zero attached hydrogens (tertiary/aromatic N) is 2. The second-order valence-corrected chi connectivity index (χ2v) is 11.5. The molecule has 2 N–H and O–H groups in total. The molecule has 1 aliphatic heterocycles. The van der Waals surface area contributed by atoms with E-state index in [2.05, 4.69) is 4.99 Å². The van der Waals surface area contributed by atoms with Crippen molar-refractivity contribution in [3.63, 3.8) is 0 Å². The molecule has 0 radical (unpaired) electrons. The van der Waals surface area contributed by atoms with E-state index in [1.807, 2.05) is 0 Å². The number of amides is 1. The zero-order valence-corrected chi connectivity index (χ0v) is 22.8. The fraction of sp³-hybridized carbons (Fsp3) is 0.385. The Hall–Kier alpha value is -3.66. The molecule has 3 rings (SSSR count). The zero-order chi connectivity index (χ0) is 31.3. The van der Waals surface area contributed by atoms with Gasteiger partial charge in [-0.25, -0.2) is 17.6 Å². The lowest BCUT2D eigenvalue weighted by Crippen LogP contribution is -2.30. The predicted molar refractivity (Wildman–Crippen MR) is 140 cm³/mol. The summed E-state index contributed by atoms with van der Waals surface area (Å²) in [5.74, 6) is -1.97. The molecule has 42 heavy (non-hydrogen) atoms. The average Bonchev–Trinajstić information content (AvgIpc) is 2.90. The number of aliphatic imine (C=N–C) groups is 1. The summed E-state index contributed by atoms with van der Waals surface area (Å²) in [5, 5.41) is 0. The van der Waals surface area contributed by atoms with Crippen LogP contribution >= 0.6 is 0 Å². The van der Waals surface area contributed by atoms with E-state index in [9.17, 15) is 43.9 Å². The number of anilines is 1. The second kappa shape index (κ2) is 13.1. The number of nitrogens with two attached hydrogens (primary N) is 1. The van der Waals surface area contributed by atoms with Crippen LogP contribution in [0.1, 0.15) is 29.5 Å². The van der Waals surface area contributed by atoms with E-state index in [4.69, 9.17) is 15.2 Å². The van der Waals surface area contributed by atoms with Crippen LogP contribution in [-0.4, -0.2) is 58.5 Å². The minimum atomic E-state index is -5.39. The minimum absolute atomic E-state index is 0.0141. The van der Waals surface area contributed by atoms with Crippen molar-refractivity contribution in [1.29, 1.82) is 0 Å². The zero-order valence-electron chi connectivity index (χ0n) is 22.0. The van der Waals surface area contributed by atoms with Crippen molar-refractivity contribution in [1.82, 2.24) is 0 Å². The highest BCUT2D eigenvalue weighted by Crippen LogP contribution is 2.44. The molecule has 8 nitrogen and oxygen atoms in total. The van der Waals surface area contributed by atoms with Crippen molar-refractivity contribution >= 4 is 33.4 Å². The number of hydrogen-bond acceptors (Lipinski definition) is 7. The first-order valence-electron chi connectivity index (χ1n) is 12.3. The fourth-order valence-corrected chi connectivity index (χ4v) is 5.37. The second-order valence-electron chi connectivity index (χ2n) is 9.18. The largest absolute Gasteiger partial charge is 0.420 e. The van der Waals surface area contributed by atoms with Crippen LogP contribution in [0.5, 0.6) is 5.75 Å². The molecule has 0 aliphatic carbocycles. The third-order valence-electron chi connectivity index (χ3n) is 6.20. The van der Waals surface area contributed by atoms with Gasteiger partial charge in [-0.1, -0.05) is 0 Å². The lowest BCUT2D eigenvalue weighted by Gasteiger charge is -2.22. The summed E-state index contributed by atoms with van der Waals surface area (Å²) >= 11 is 0. The molecule has 1 aliphatic rings. The molecule has 0 saturated carbocycles. The highest BCUT2D eigenvalue weighted by molar-refractivity contribution is 7.91. The molecule has 1 saturated heterocycles. The van der Waals surface area contributed by atoms with Gasteiger partial charge in [-0.3, -0.25) is 9.89 Å². The van der Waals surface area contributed by atoms with Crippen molar-refractivity contribution < 1.29 is 53.4 Å². The number of allylic oxidation sites excluding steroid dienone is 1. The number of carbonyl (C=O) groups excluding carboxylic acids is 1. The number of carbonyl (C=O) groups is 1. The summed E-state index contributed by atoms with van der Waals surface area (Å²) in [5.41, 5.74) is 0.760. The summed E-state index contributed by atoms with van der Waals surface area (Å²) < 4.78 is 130. The van der Waals surface area contributed by atoms with Gasteiger partial charge < -0.3 is 15.2 Å². The summed E-state index contributed by atoms with van der Waals surface area (Å²) in [6.45, 7) is -0.103. The van der Waals surface area contributed by atoms with Gasteiger partial charge in [-0.15, -0.1) is 0 Å². The number of rotatable bonds is 8. The molecule has 0 spiro atoms. The van der Waals surface area contributed by atoms with Crippen LogP contribution in [0.3, 0.4) is 0 Å². The van der Waals surface area contributed by atoms with E-state index in [-0.39, 0.29) is 55.4 Å². The van der Waals surface area contributed by atoms with Gasteiger partial charge in [0, 0.05) is 36.3 Å². The van der Waals surface area contributed by atoms with Crippen molar-refractivity contribution in [2.24, 2.45) is 10.7 Å². The molecule has 1 heterocycles. The Balaban J connectivity index is 1.92. The normalized spacial score (nSPS) is 16.5. The number of ether oxygens (including phenoxy) is 2. The van der Waals surface area contributed by atoms with Crippen molar-refractivity contribution in [2.45, 2.75) is 31.3 Å². The van der Waals surface area contributed by atoms with E-state index in [0.717, 1.165) is 42.4 Å². The molecule has 0 bridgehead atoms. The average molecular weight is 626 g/mol. The fourth-order valence-electron chi connectivity index (χ4n) is 3.93. The Kier molecular flexibility index (Phi) is 10.3. The third-order valence-corrected chi connectivity index (χ3v) is 7.91. The Morgan fingerprint density at radius 2 is 1.69 bits per heavy atom. The minimum Gasteiger partial charge on any atom is -0.409 e. The lowest BCUT2D eigenvalue weighted by molar-refractivity contribution is -0.143. The molecule has 2 aromatic rings. The first kappa shape index (κ1) is 32.8. The Bertz CT molecular complexity index is 1430. The molecular formula is C26H26F7N3O5S. The molecule has 0 unspecified atom stereocenters. The summed E-state index contributed by atoms with van der Waals surface area (Å²) in [4.78, 5) is 17.5. The Morgan fingerprint density at radius 3 is 2.24 bits per heavy atom. The van der Waals surface area contributed by atoms with E-state index in [1.54, 1.807) is 0 Å². The summed E-state index contributed by atoms with van der Waals surface area (Å²) in [6, 6.07) is 4.40. The van der Waals surface area contributed by atoms with Gasteiger partial charge in [0.15, 0.2) is 15.6 Å². The quantitative estimate of drug-likeness (QED) is 0.237. The van der Waals surface area contributed by atoms with Gasteiger partial charge >= 0.3 is 18.4 Å². The third kappa shape index (κ3) is 8.67. The number of benzene rings is 2. The SMILES string of the molecule is CN(C(=O)Oc1c(C(C=NCCOC2CCS(=O)(=O)CC2)=CN)cc(C(F)(F)F)cc1C(F)(F)F)c1ccc(F)cc1.